The Labute approximate surface area is 160 Å². The van der Waals surface area contributed by atoms with E-state index in [1.165, 1.54) is 11.8 Å². The lowest BCUT2D eigenvalue weighted by Gasteiger charge is -2.20. The summed E-state index contributed by atoms with van der Waals surface area (Å²) in [6.07, 6.45) is -0.541. The Bertz CT molecular complexity index is 746. The molecule has 1 atom stereocenters. The molecule has 0 spiro atoms. The molecular weight excluding hydrogens is 385 g/mol. The first-order valence-electron chi connectivity index (χ1n) is 7.53. The number of aromatic nitrogens is 2. The summed E-state index contributed by atoms with van der Waals surface area (Å²) >= 11 is 13.4. The van der Waals surface area contributed by atoms with Crippen molar-refractivity contribution in [3.63, 3.8) is 0 Å². The highest BCUT2D eigenvalue weighted by molar-refractivity contribution is 7.98. The average Bonchev–Trinajstić information content (AvgIpc) is 2.93. The quantitative estimate of drug-likeness (QED) is 0.686. The van der Waals surface area contributed by atoms with Gasteiger partial charge in [-0.15, -0.1) is 10.2 Å². The Morgan fingerprint density at radius 3 is 2.72 bits per heavy atom. The maximum absolute atomic E-state index is 11.8. The van der Waals surface area contributed by atoms with Crippen molar-refractivity contribution >= 4 is 41.1 Å². The summed E-state index contributed by atoms with van der Waals surface area (Å²) in [5.74, 6) is 0.862. The number of carbonyl (C=O) groups is 1. The normalized spacial score (nSPS) is 12.7. The lowest BCUT2D eigenvalue weighted by molar-refractivity contribution is 0.0500. The summed E-state index contributed by atoms with van der Waals surface area (Å²) in [6, 6.07) is 4.85. The Balaban J connectivity index is 1.91. The number of ether oxygens (including phenoxy) is 1. The van der Waals surface area contributed by atoms with Crippen LogP contribution in [0, 0.1) is 0 Å². The summed E-state index contributed by atoms with van der Waals surface area (Å²) in [5, 5.41) is 12.1. The molecule has 0 aliphatic rings. The van der Waals surface area contributed by atoms with Gasteiger partial charge < -0.3 is 14.5 Å². The summed E-state index contributed by atoms with van der Waals surface area (Å²) in [7, 11) is 0. The van der Waals surface area contributed by atoms with Crippen molar-refractivity contribution in [3.8, 4) is 0 Å². The highest BCUT2D eigenvalue weighted by Crippen LogP contribution is 2.28. The topological polar surface area (TPSA) is 77.2 Å². The first-order chi connectivity index (χ1) is 11.6. The molecule has 1 heterocycles. The SMILES string of the molecule is C[C@@H](NC(=O)OC(C)(C)C)c1nnc(SCc2ccc(Cl)cc2Cl)o1. The minimum Gasteiger partial charge on any atom is -0.444 e. The van der Waals surface area contributed by atoms with Gasteiger partial charge in [0, 0.05) is 15.8 Å². The molecule has 9 heteroatoms. The van der Waals surface area contributed by atoms with Crippen LogP contribution < -0.4 is 5.32 Å². The van der Waals surface area contributed by atoms with Crippen LogP contribution in [-0.4, -0.2) is 21.9 Å². The van der Waals surface area contributed by atoms with Gasteiger partial charge in [0.05, 0.1) is 0 Å². The molecule has 1 amide bonds. The predicted molar refractivity (Wildman–Crippen MR) is 98.1 cm³/mol. The molecule has 1 aromatic carbocycles. The summed E-state index contributed by atoms with van der Waals surface area (Å²) < 4.78 is 10.8. The molecule has 0 aliphatic carbocycles. The van der Waals surface area contributed by atoms with Gasteiger partial charge in [0.2, 0.25) is 5.89 Å². The second kappa shape index (κ2) is 8.29. The molecule has 25 heavy (non-hydrogen) atoms. The second-order valence-corrected chi connectivity index (χ2v) is 8.07. The predicted octanol–water partition coefficient (Wildman–Crippen LogP) is 5.25. The molecule has 0 saturated heterocycles. The highest BCUT2D eigenvalue weighted by atomic mass is 35.5. The maximum Gasteiger partial charge on any atom is 0.408 e. The number of rotatable bonds is 5. The van der Waals surface area contributed by atoms with Gasteiger partial charge in [0.25, 0.3) is 5.22 Å². The average molecular weight is 404 g/mol. The van der Waals surface area contributed by atoms with Crippen molar-refractivity contribution in [1.29, 1.82) is 0 Å². The van der Waals surface area contributed by atoms with Crippen LogP contribution in [0.3, 0.4) is 0 Å². The van der Waals surface area contributed by atoms with Crippen molar-refractivity contribution in [2.45, 2.75) is 50.3 Å². The van der Waals surface area contributed by atoms with Gasteiger partial charge in [0.15, 0.2) is 0 Å². The molecule has 0 saturated carbocycles. The van der Waals surface area contributed by atoms with Crippen molar-refractivity contribution in [1.82, 2.24) is 15.5 Å². The van der Waals surface area contributed by atoms with Gasteiger partial charge in [-0.2, -0.15) is 0 Å². The van der Waals surface area contributed by atoms with Crippen LogP contribution in [-0.2, 0) is 10.5 Å². The van der Waals surface area contributed by atoms with E-state index in [2.05, 4.69) is 15.5 Å². The summed E-state index contributed by atoms with van der Waals surface area (Å²) in [6.45, 7) is 7.11. The van der Waals surface area contributed by atoms with Gasteiger partial charge >= 0.3 is 6.09 Å². The van der Waals surface area contributed by atoms with Crippen molar-refractivity contribution in [3.05, 3.63) is 39.7 Å². The molecule has 0 aliphatic heterocycles. The Morgan fingerprint density at radius 1 is 1.36 bits per heavy atom. The lowest BCUT2D eigenvalue weighted by Crippen LogP contribution is -2.34. The Hall–Kier alpha value is -1.44. The number of halogens is 2. The largest absolute Gasteiger partial charge is 0.444 e. The molecule has 1 N–H and O–H groups in total. The fourth-order valence-corrected chi connectivity index (χ4v) is 3.11. The first kappa shape index (κ1) is 19.9. The van der Waals surface area contributed by atoms with Gasteiger partial charge in [-0.1, -0.05) is 41.0 Å². The van der Waals surface area contributed by atoms with E-state index in [4.69, 9.17) is 32.4 Å². The number of nitrogens with zero attached hydrogens (tertiary/aromatic N) is 2. The van der Waals surface area contributed by atoms with Crippen LogP contribution >= 0.6 is 35.0 Å². The lowest BCUT2D eigenvalue weighted by atomic mass is 10.2. The van der Waals surface area contributed by atoms with E-state index in [0.29, 0.717) is 26.9 Å². The summed E-state index contributed by atoms with van der Waals surface area (Å²) in [5.41, 5.74) is 0.341. The van der Waals surface area contributed by atoms with E-state index in [-0.39, 0.29) is 0 Å². The third-order valence-electron chi connectivity index (χ3n) is 2.89. The fourth-order valence-electron chi connectivity index (χ4n) is 1.78. The number of amides is 1. The first-order valence-corrected chi connectivity index (χ1v) is 9.28. The van der Waals surface area contributed by atoms with E-state index < -0.39 is 17.7 Å². The van der Waals surface area contributed by atoms with Crippen LogP contribution in [0.25, 0.3) is 0 Å². The molecule has 0 unspecified atom stereocenters. The monoisotopic (exact) mass is 403 g/mol. The zero-order valence-electron chi connectivity index (χ0n) is 14.3. The van der Waals surface area contributed by atoms with Crippen molar-refractivity contribution in [2.24, 2.45) is 0 Å². The molecule has 2 rings (SSSR count). The third-order valence-corrected chi connectivity index (χ3v) is 4.35. The molecular formula is C16H19Cl2N3O3S. The molecule has 0 radical (unpaired) electrons. The van der Waals surface area contributed by atoms with E-state index in [1.54, 1.807) is 39.8 Å². The van der Waals surface area contributed by atoms with Crippen LogP contribution in [0.4, 0.5) is 4.79 Å². The van der Waals surface area contributed by atoms with Gasteiger partial charge in [-0.25, -0.2) is 4.79 Å². The Morgan fingerprint density at radius 2 is 2.08 bits per heavy atom. The maximum atomic E-state index is 11.8. The molecule has 1 aromatic heterocycles. The number of hydrogen-bond donors (Lipinski definition) is 1. The van der Waals surface area contributed by atoms with Gasteiger partial charge in [-0.3, -0.25) is 0 Å². The van der Waals surface area contributed by atoms with Crippen molar-refractivity contribution in [2.75, 3.05) is 0 Å². The number of thioether (sulfide) groups is 1. The fraction of sp³-hybridized carbons (Fsp3) is 0.438. The van der Waals surface area contributed by atoms with Crippen LogP contribution in [0.2, 0.25) is 10.0 Å². The van der Waals surface area contributed by atoms with Gasteiger partial charge in [-0.05, 0) is 45.4 Å². The standard InChI is InChI=1S/C16H19Cl2N3O3S/c1-9(19-14(22)24-16(2,3)4)13-20-21-15(23-13)25-8-10-5-6-11(17)7-12(10)18/h5-7,9H,8H2,1-4H3,(H,19,22)/t9-/m1/s1. The third kappa shape index (κ3) is 6.41. The van der Waals surface area contributed by atoms with Crippen molar-refractivity contribution < 1.29 is 13.9 Å². The van der Waals surface area contributed by atoms with Crippen LogP contribution in [0.5, 0.6) is 0 Å². The Kier molecular flexibility index (Phi) is 6.59. The molecule has 2 aromatic rings. The van der Waals surface area contributed by atoms with Crippen LogP contribution in [0.1, 0.15) is 45.2 Å². The summed E-state index contributed by atoms with van der Waals surface area (Å²) in [4.78, 5) is 11.8. The smallest absolute Gasteiger partial charge is 0.408 e. The molecule has 136 valence electrons. The minimum absolute atomic E-state index is 0.301. The number of alkyl carbamates (subject to hydrolysis) is 1. The van der Waals surface area contributed by atoms with E-state index in [0.717, 1.165) is 5.56 Å². The van der Waals surface area contributed by atoms with Crippen LogP contribution in [0.15, 0.2) is 27.8 Å². The van der Waals surface area contributed by atoms with Gasteiger partial charge in [0.1, 0.15) is 11.6 Å². The highest BCUT2D eigenvalue weighted by Gasteiger charge is 2.21. The van der Waals surface area contributed by atoms with E-state index in [9.17, 15) is 4.79 Å². The number of nitrogens with one attached hydrogen (secondary N) is 1. The molecule has 0 fully saturated rings. The van der Waals surface area contributed by atoms with E-state index in [1.807, 2.05) is 6.07 Å². The molecule has 0 bridgehead atoms. The number of carbonyl (C=O) groups excluding carboxylic acids is 1. The number of hydrogen-bond acceptors (Lipinski definition) is 6. The van der Waals surface area contributed by atoms with E-state index >= 15 is 0 Å². The second-order valence-electron chi connectivity index (χ2n) is 6.30. The zero-order valence-corrected chi connectivity index (χ0v) is 16.6. The number of benzene rings is 1. The zero-order chi connectivity index (χ0) is 18.6. The minimum atomic E-state index is -0.572. The molecule has 6 nitrogen and oxygen atoms in total.